The van der Waals surface area contributed by atoms with Gasteiger partial charge in [-0.05, 0) is 45.4 Å². The van der Waals surface area contributed by atoms with E-state index < -0.39 is 0 Å². The van der Waals surface area contributed by atoms with E-state index in [0.717, 1.165) is 0 Å². The van der Waals surface area contributed by atoms with Crippen molar-refractivity contribution in [3.63, 3.8) is 0 Å². The zero-order valence-corrected chi connectivity index (χ0v) is 11.9. The predicted octanol–water partition coefficient (Wildman–Crippen LogP) is 2.74. The van der Waals surface area contributed by atoms with Gasteiger partial charge < -0.3 is 10.1 Å². The molecule has 2 atom stereocenters. The molecule has 1 aliphatic carbocycles. The second kappa shape index (κ2) is 5.85. The normalized spacial score (nSPS) is 30.1. The maximum absolute atomic E-state index is 11.6. The van der Waals surface area contributed by atoms with Crippen molar-refractivity contribution in [2.24, 2.45) is 11.8 Å². The Kier molecular flexibility index (Phi) is 4.99. The van der Waals surface area contributed by atoms with Crippen molar-refractivity contribution >= 4 is 5.97 Å². The van der Waals surface area contributed by atoms with E-state index in [2.05, 4.69) is 19.2 Å². The lowest BCUT2D eigenvalue weighted by Gasteiger charge is -2.35. The smallest absolute Gasteiger partial charge is 0.320 e. The first kappa shape index (κ1) is 14.5. The standard InChI is InChI=1S/C14H27NO2/c1-10-7-6-8-11(2)13(10)15-9-12(16)17-14(3,4)5/h10-11,13,15H,6-9H2,1-5H3. The fraction of sp³-hybridized carbons (Fsp3) is 0.929. The topological polar surface area (TPSA) is 38.3 Å². The summed E-state index contributed by atoms with van der Waals surface area (Å²) in [5.41, 5.74) is -0.386. The highest BCUT2D eigenvalue weighted by atomic mass is 16.6. The number of nitrogens with one attached hydrogen (secondary N) is 1. The van der Waals surface area contributed by atoms with Gasteiger partial charge in [0.2, 0.25) is 0 Å². The quantitative estimate of drug-likeness (QED) is 0.772. The highest BCUT2D eigenvalue weighted by molar-refractivity contribution is 5.72. The Labute approximate surface area is 105 Å². The van der Waals surface area contributed by atoms with Crippen LogP contribution in [0.4, 0.5) is 0 Å². The Bertz CT molecular complexity index is 247. The highest BCUT2D eigenvalue weighted by Crippen LogP contribution is 2.28. The van der Waals surface area contributed by atoms with Crippen molar-refractivity contribution in [1.82, 2.24) is 5.32 Å². The number of esters is 1. The van der Waals surface area contributed by atoms with Crippen molar-refractivity contribution in [3.05, 3.63) is 0 Å². The molecule has 0 aromatic heterocycles. The van der Waals surface area contributed by atoms with Crippen LogP contribution in [0.2, 0.25) is 0 Å². The zero-order chi connectivity index (χ0) is 13.1. The van der Waals surface area contributed by atoms with Gasteiger partial charge in [0.05, 0.1) is 6.54 Å². The third-order valence-corrected chi connectivity index (χ3v) is 3.45. The van der Waals surface area contributed by atoms with Gasteiger partial charge in [0.25, 0.3) is 0 Å². The van der Waals surface area contributed by atoms with Gasteiger partial charge in [-0.1, -0.05) is 20.3 Å². The predicted molar refractivity (Wildman–Crippen MR) is 69.8 cm³/mol. The van der Waals surface area contributed by atoms with E-state index in [1.807, 2.05) is 20.8 Å². The van der Waals surface area contributed by atoms with Crippen LogP contribution in [0.1, 0.15) is 53.9 Å². The first-order valence-electron chi connectivity index (χ1n) is 6.75. The van der Waals surface area contributed by atoms with Gasteiger partial charge in [-0.3, -0.25) is 4.79 Å². The van der Waals surface area contributed by atoms with Crippen molar-refractivity contribution in [2.75, 3.05) is 6.54 Å². The molecule has 1 rings (SSSR count). The van der Waals surface area contributed by atoms with Gasteiger partial charge >= 0.3 is 5.97 Å². The summed E-state index contributed by atoms with van der Waals surface area (Å²) >= 11 is 0. The maximum atomic E-state index is 11.6. The first-order valence-corrected chi connectivity index (χ1v) is 6.75. The number of hydrogen-bond donors (Lipinski definition) is 1. The van der Waals surface area contributed by atoms with Crippen molar-refractivity contribution < 1.29 is 9.53 Å². The summed E-state index contributed by atoms with van der Waals surface area (Å²) in [4.78, 5) is 11.6. The molecule has 100 valence electrons. The fourth-order valence-corrected chi connectivity index (χ4v) is 2.66. The third kappa shape index (κ3) is 5.07. The second-order valence-corrected chi connectivity index (χ2v) is 6.38. The summed E-state index contributed by atoms with van der Waals surface area (Å²) < 4.78 is 5.30. The minimum Gasteiger partial charge on any atom is -0.459 e. The van der Waals surface area contributed by atoms with E-state index in [1.54, 1.807) is 0 Å². The highest BCUT2D eigenvalue weighted by Gasteiger charge is 2.28. The molecule has 0 amide bonds. The van der Waals surface area contributed by atoms with E-state index >= 15 is 0 Å². The maximum Gasteiger partial charge on any atom is 0.320 e. The van der Waals surface area contributed by atoms with Gasteiger partial charge in [-0.25, -0.2) is 0 Å². The average Bonchev–Trinajstić information content (AvgIpc) is 2.14. The van der Waals surface area contributed by atoms with Gasteiger partial charge in [-0.2, -0.15) is 0 Å². The number of rotatable bonds is 3. The Balaban J connectivity index is 2.36. The average molecular weight is 241 g/mol. The molecule has 0 heterocycles. The Morgan fingerprint density at radius 1 is 1.24 bits per heavy atom. The lowest BCUT2D eigenvalue weighted by Crippen LogP contribution is -2.45. The molecule has 0 saturated heterocycles. The molecule has 1 fully saturated rings. The molecule has 1 saturated carbocycles. The van der Waals surface area contributed by atoms with Crippen LogP contribution in [0, 0.1) is 11.8 Å². The van der Waals surface area contributed by atoms with Crippen LogP contribution in [0.15, 0.2) is 0 Å². The van der Waals surface area contributed by atoms with Gasteiger partial charge in [-0.15, -0.1) is 0 Å². The summed E-state index contributed by atoms with van der Waals surface area (Å²) in [6.07, 6.45) is 3.83. The van der Waals surface area contributed by atoms with Gasteiger partial charge in [0.1, 0.15) is 5.60 Å². The summed E-state index contributed by atoms with van der Waals surface area (Å²) in [6.45, 7) is 10.6. The van der Waals surface area contributed by atoms with Crippen LogP contribution in [0.3, 0.4) is 0 Å². The summed E-state index contributed by atoms with van der Waals surface area (Å²) in [5, 5.41) is 3.37. The molecular weight excluding hydrogens is 214 g/mol. The van der Waals surface area contributed by atoms with E-state index in [-0.39, 0.29) is 11.6 Å². The molecule has 3 nitrogen and oxygen atoms in total. The van der Waals surface area contributed by atoms with Crippen LogP contribution in [0.5, 0.6) is 0 Å². The molecule has 2 unspecified atom stereocenters. The Morgan fingerprint density at radius 2 is 1.76 bits per heavy atom. The van der Waals surface area contributed by atoms with Crippen LogP contribution in [-0.2, 0) is 9.53 Å². The molecule has 0 aromatic carbocycles. The summed E-state index contributed by atoms with van der Waals surface area (Å²) in [6, 6.07) is 0.455. The van der Waals surface area contributed by atoms with Crippen molar-refractivity contribution in [1.29, 1.82) is 0 Å². The fourth-order valence-electron chi connectivity index (χ4n) is 2.66. The molecule has 1 aliphatic rings. The minimum atomic E-state index is -0.386. The molecule has 0 spiro atoms. The molecule has 0 bridgehead atoms. The Morgan fingerprint density at radius 3 is 2.24 bits per heavy atom. The molecule has 1 N–H and O–H groups in total. The van der Waals surface area contributed by atoms with Gasteiger partial charge in [0.15, 0.2) is 0 Å². The van der Waals surface area contributed by atoms with E-state index in [9.17, 15) is 4.79 Å². The number of hydrogen-bond acceptors (Lipinski definition) is 3. The lowest BCUT2D eigenvalue weighted by atomic mass is 9.79. The molecule has 0 aromatic rings. The lowest BCUT2D eigenvalue weighted by molar-refractivity contribution is -0.153. The van der Waals surface area contributed by atoms with Crippen LogP contribution in [0.25, 0.3) is 0 Å². The number of carbonyl (C=O) groups excluding carboxylic acids is 1. The number of carbonyl (C=O) groups is 1. The van der Waals surface area contributed by atoms with Crippen LogP contribution < -0.4 is 5.32 Å². The molecule has 0 radical (unpaired) electrons. The molecular formula is C14H27NO2. The van der Waals surface area contributed by atoms with Crippen LogP contribution in [-0.4, -0.2) is 24.2 Å². The van der Waals surface area contributed by atoms with Gasteiger partial charge in [0, 0.05) is 6.04 Å². The summed E-state index contributed by atoms with van der Waals surface area (Å²) in [5.74, 6) is 1.16. The van der Waals surface area contributed by atoms with E-state index in [0.29, 0.717) is 24.4 Å². The van der Waals surface area contributed by atoms with Crippen LogP contribution >= 0.6 is 0 Å². The molecule has 17 heavy (non-hydrogen) atoms. The largest absolute Gasteiger partial charge is 0.459 e. The third-order valence-electron chi connectivity index (χ3n) is 3.45. The summed E-state index contributed by atoms with van der Waals surface area (Å²) in [7, 11) is 0. The van der Waals surface area contributed by atoms with Crippen molar-refractivity contribution in [2.45, 2.75) is 65.5 Å². The number of ether oxygens (including phenoxy) is 1. The first-order chi connectivity index (χ1) is 7.79. The van der Waals surface area contributed by atoms with E-state index in [1.165, 1.54) is 19.3 Å². The van der Waals surface area contributed by atoms with E-state index in [4.69, 9.17) is 4.74 Å². The van der Waals surface area contributed by atoms with Crippen molar-refractivity contribution in [3.8, 4) is 0 Å². The monoisotopic (exact) mass is 241 g/mol. The second-order valence-electron chi connectivity index (χ2n) is 6.38. The zero-order valence-electron chi connectivity index (χ0n) is 11.9. The SMILES string of the molecule is CC1CCCC(C)C1NCC(=O)OC(C)(C)C. The molecule has 0 aliphatic heterocycles. The molecule has 3 heteroatoms. The minimum absolute atomic E-state index is 0.150. The Hall–Kier alpha value is -0.570.